The van der Waals surface area contributed by atoms with E-state index in [-0.39, 0.29) is 0 Å². The van der Waals surface area contributed by atoms with E-state index < -0.39 is 0 Å². The quantitative estimate of drug-likeness (QED) is 0.579. The minimum atomic E-state index is 0.650. The average molecular weight is 330 g/mol. The Morgan fingerprint density at radius 3 is 2.68 bits per heavy atom. The van der Waals surface area contributed by atoms with Gasteiger partial charge >= 0.3 is 0 Å². The Kier molecular flexibility index (Phi) is 3.78. The summed E-state index contributed by atoms with van der Waals surface area (Å²) in [6.45, 7) is 2.85. The van der Waals surface area contributed by atoms with Crippen LogP contribution in [0.15, 0.2) is 67.1 Å². The second-order valence-electron chi connectivity index (χ2n) is 5.66. The number of anilines is 3. The van der Waals surface area contributed by atoms with Crippen LogP contribution >= 0.6 is 0 Å². The molecule has 0 bridgehead atoms. The van der Waals surface area contributed by atoms with Crippen LogP contribution < -0.4 is 10.6 Å². The Hall–Kier alpha value is -3.41. The van der Waals surface area contributed by atoms with E-state index in [1.165, 1.54) is 0 Å². The molecule has 0 atom stereocenters. The van der Waals surface area contributed by atoms with Gasteiger partial charge in [0.05, 0.1) is 11.0 Å². The van der Waals surface area contributed by atoms with Crippen LogP contribution in [0.5, 0.6) is 0 Å². The number of fused-ring (bicyclic) bond motifs is 1. The Bertz CT molecular complexity index is 1010. The van der Waals surface area contributed by atoms with Crippen molar-refractivity contribution in [3.63, 3.8) is 0 Å². The Labute approximate surface area is 145 Å². The van der Waals surface area contributed by atoms with E-state index in [1.807, 2.05) is 59.2 Å². The number of imidazole rings is 1. The Morgan fingerprint density at radius 1 is 1.04 bits per heavy atom. The third kappa shape index (κ3) is 2.78. The molecule has 0 spiro atoms. The molecule has 0 amide bonds. The van der Waals surface area contributed by atoms with Crippen molar-refractivity contribution in [2.75, 3.05) is 17.2 Å². The number of hydrogen-bond donors (Lipinski definition) is 1. The molecular weight excluding hydrogens is 312 g/mol. The highest BCUT2D eigenvalue weighted by Crippen LogP contribution is 2.24. The monoisotopic (exact) mass is 330 g/mol. The molecule has 6 nitrogen and oxygen atoms in total. The first-order chi connectivity index (χ1) is 12.3. The summed E-state index contributed by atoms with van der Waals surface area (Å²) >= 11 is 0. The molecule has 25 heavy (non-hydrogen) atoms. The van der Waals surface area contributed by atoms with E-state index in [0.717, 1.165) is 29.1 Å². The standard InChI is InChI=1S/C19H18N6/c1-2-24(15-6-4-3-5-7-15)19-21-11-10-18(23-19)25-13-22-16-9-8-14(20)12-17(16)25/h3-13H,2,20H2,1H3. The van der Waals surface area contributed by atoms with Crippen LogP contribution in [-0.2, 0) is 0 Å². The Morgan fingerprint density at radius 2 is 1.88 bits per heavy atom. The summed E-state index contributed by atoms with van der Waals surface area (Å²) in [5.41, 5.74) is 9.48. The third-order valence-electron chi connectivity index (χ3n) is 4.07. The number of benzene rings is 2. The number of para-hydroxylation sites is 1. The van der Waals surface area contributed by atoms with Gasteiger partial charge in [-0.2, -0.15) is 4.98 Å². The maximum Gasteiger partial charge on any atom is 0.231 e. The van der Waals surface area contributed by atoms with Gasteiger partial charge in [-0.15, -0.1) is 0 Å². The smallest absolute Gasteiger partial charge is 0.231 e. The van der Waals surface area contributed by atoms with Crippen molar-refractivity contribution < 1.29 is 0 Å². The number of hydrogen-bond acceptors (Lipinski definition) is 5. The molecule has 124 valence electrons. The SMILES string of the molecule is CCN(c1ccccc1)c1nccc(-n2cnc3ccc(N)cc32)n1. The third-order valence-corrected chi connectivity index (χ3v) is 4.07. The molecule has 0 saturated heterocycles. The van der Waals surface area contributed by atoms with Gasteiger partial charge in [0.2, 0.25) is 5.95 Å². The lowest BCUT2D eigenvalue weighted by atomic mass is 10.3. The molecule has 0 aliphatic heterocycles. The number of nitrogen functional groups attached to an aromatic ring is 1. The van der Waals surface area contributed by atoms with E-state index in [1.54, 1.807) is 12.5 Å². The van der Waals surface area contributed by atoms with Crippen molar-refractivity contribution in [3.8, 4) is 5.82 Å². The lowest BCUT2D eigenvalue weighted by Crippen LogP contribution is -2.19. The van der Waals surface area contributed by atoms with Crippen LogP contribution in [0, 0.1) is 0 Å². The first kappa shape index (κ1) is 15.1. The summed E-state index contributed by atoms with van der Waals surface area (Å²) in [6, 6.07) is 17.6. The molecule has 4 rings (SSSR count). The maximum absolute atomic E-state index is 5.92. The molecule has 0 saturated carbocycles. The molecular formula is C19H18N6. The van der Waals surface area contributed by atoms with Crippen LogP contribution in [-0.4, -0.2) is 26.1 Å². The molecule has 2 aromatic heterocycles. The van der Waals surface area contributed by atoms with Crippen LogP contribution in [0.1, 0.15) is 6.92 Å². The molecule has 4 aromatic rings. The normalized spacial score (nSPS) is 10.9. The van der Waals surface area contributed by atoms with Crippen LogP contribution in [0.2, 0.25) is 0 Å². The van der Waals surface area contributed by atoms with Crippen LogP contribution in [0.4, 0.5) is 17.3 Å². The first-order valence-electron chi connectivity index (χ1n) is 8.15. The second kappa shape index (κ2) is 6.24. The molecule has 0 aliphatic rings. The highest BCUT2D eigenvalue weighted by molar-refractivity contribution is 5.80. The van der Waals surface area contributed by atoms with E-state index in [9.17, 15) is 0 Å². The van der Waals surface area contributed by atoms with Gasteiger partial charge in [0.15, 0.2) is 0 Å². The van der Waals surface area contributed by atoms with Crippen LogP contribution in [0.3, 0.4) is 0 Å². The van der Waals surface area contributed by atoms with Gasteiger partial charge in [0.25, 0.3) is 0 Å². The second-order valence-corrected chi connectivity index (χ2v) is 5.66. The van der Waals surface area contributed by atoms with Crippen molar-refractivity contribution in [1.29, 1.82) is 0 Å². The van der Waals surface area contributed by atoms with E-state index >= 15 is 0 Å². The predicted molar refractivity (Wildman–Crippen MR) is 100 cm³/mol. The van der Waals surface area contributed by atoms with Crippen molar-refractivity contribution in [3.05, 3.63) is 67.1 Å². The fraction of sp³-hybridized carbons (Fsp3) is 0.105. The van der Waals surface area contributed by atoms with Gasteiger partial charge in [-0.1, -0.05) is 18.2 Å². The number of nitrogens with two attached hydrogens (primary N) is 1. The number of nitrogens with zero attached hydrogens (tertiary/aromatic N) is 5. The van der Waals surface area contributed by atoms with Gasteiger partial charge in [0.1, 0.15) is 12.1 Å². The van der Waals surface area contributed by atoms with Gasteiger partial charge in [-0.3, -0.25) is 4.57 Å². The minimum absolute atomic E-state index is 0.650. The van der Waals surface area contributed by atoms with Gasteiger partial charge < -0.3 is 10.6 Å². The van der Waals surface area contributed by atoms with Crippen molar-refractivity contribution in [1.82, 2.24) is 19.5 Å². The summed E-state index contributed by atoms with van der Waals surface area (Å²) in [6.07, 6.45) is 3.52. The van der Waals surface area contributed by atoms with E-state index in [4.69, 9.17) is 10.7 Å². The van der Waals surface area contributed by atoms with E-state index in [0.29, 0.717) is 11.6 Å². The van der Waals surface area contributed by atoms with Crippen LogP contribution in [0.25, 0.3) is 16.9 Å². The lowest BCUT2D eigenvalue weighted by molar-refractivity contribution is 0.917. The van der Waals surface area contributed by atoms with Gasteiger partial charge in [-0.05, 0) is 43.3 Å². The fourth-order valence-electron chi connectivity index (χ4n) is 2.86. The molecule has 0 radical (unpaired) electrons. The summed E-state index contributed by atoms with van der Waals surface area (Å²) in [4.78, 5) is 15.7. The predicted octanol–water partition coefficient (Wildman–Crippen LogP) is 3.56. The molecule has 0 fully saturated rings. The highest BCUT2D eigenvalue weighted by Gasteiger charge is 2.12. The van der Waals surface area contributed by atoms with Gasteiger partial charge in [-0.25, -0.2) is 9.97 Å². The maximum atomic E-state index is 5.92. The first-order valence-corrected chi connectivity index (χ1v) is 8.15. The Balaban J connectivity index is 1.80. The molecule has 2 N–H and O–H groups in total. The van der Waals surface area contributed by atoms with Crippen molar-refractivity contribution >= 4 is 28.4 Å². The molecule has 2 heterocycles. The molecule has 0 unspecified atom stereocenters. The largest absolute Gasteiger partial charge is 0.399 e. The highest BCUT2D eigenvalue weighted by atomic mass is 15.3. The van der Waals surface area contributed by atoms with Gasteiger partial charge in [0, 0.05) is 24.1 Å². The zero-order chi connectivity index (χ0) is 17.2. The van der Waals surface area contributed by atoms with E-state index in [2.05, 4.69) is 21.8 Å². The lowest BCUT2D eigenvalue weighted by Gasteiger charge is -2.21. The molecule has 0 aliphatic carbocycles. The topological polar surface area (TPSA) is 72.9 Å². The molecule has 2 aromatic carbocycles. The number of aromatic nitrogens is 4. The summed E-state index contributed by atoms with van der Waals surface area (Å²) in [5, 5.41) is 0. The fourth-order valence-corrected chi connectivity index (χ4v) is 2.86. The summed E-state index contributed by atoms with van der Waals surface area (Å²) in [7, 11) is 0. The zero-order valence-electron chi connectivity index (χ0n) is 13.9. The zero-order valence-corrected chi connectivity index (χ0v) is 13.9. The minimum Gasteiger partial charge on any atom is -0.399 e. The summed E-state index contributed by atoms with van der Waals surface area (Å²) in [5.74, 6) is 1.41. The van der Waals surface area contributed by atoms with Crippen molar-refractivity contribution in [2.24, 2.45) is 0 Å². The molecule has 6 heteroatoms. The number of rotatable bonds is 4. The average Bonchev–Trinajstić information content (AvgIpc) is 3.06. The summed E-state index contributed by atoms with van der Waals surface area (Å²) < 4.78 is 1.93. The van der Waals surface area contributed by atoms with Crippen molar-refractivity contribution in [2.45, 2.75) is 6.92 Å².